The Labute approximate surface area is 337 Å². The van der Waals surface area contributed by atoms with E-state index in [0.29, 0.717) is 18.7 Å². The van der Waals surface area contributed by atoms with Gasteiger partial charge in [-0.15, -0.1) is 6.58 Å². The first-order valence-electron chi connectivity index (χ1n) is 21.0. The Morgan fingerprint density at radius 3 is 2.11 bits per heavy atom. The maximum absolute atomic E-state index is 15.1. The Balaban J connectivity index is 1.16. The number of sulfonamides is 1. The van der Waals surface area contributed by atoms with Crippen LogP contribution in [-0.4, -0.2) is 80.1 Å². The Morgan fingerprint density at radius 2 is 1.56 bits per heavy atom. The molecule has 0 radical (unpaired) electrons. The zero-order valence-electron chi connectivity index (χ0n) is 34.5. The van der Waals surface area contributed by atoms with E-state index in [4.69, 9.17) is 0 Å². The lowest BCUT2D eigenvalue weighted by molar-refractivity contribution is -0.145. The summed E-state index contributed by atoms with van der Waals surface area (Å²) < 4.78 is 29.3. The van der Waals surface area contributed by atoms with Crippen molar-refractivity contribution < 1.29 is 32.4 Å². The van der Waals surface area contributed by atoms with Gasteiger partial charge in [0, 0.05) is 30.8 Å². The van der Waals surface area contributed by atoms with E-state index in [2.05, 4.69) is 46.4 Å². The van der Waals surface area contributed by atoms with Gasteiger partial charge in [-0.05, 0) is 85.7 Å². The van der Waals surface area contributed by atoms with Gasteiger partial charge >= 0.3 is 0 Å². The largest absolute Gasteiger partial charge is 0.387 e. The van der Waals surface area contributed by atoms with Gasteiger partial charge in [-0.25, -0.2) is 13.1 Å². The van der Waals surface area contributed by atoms with Crippen molar-refractivity contribution in [3.8, 4) is 0 Å². The van der Waals surface area contributed by atoms with Gasteiger partial charge in [-0.1, -0.05) is 78.5 Å². The number of benzene rings is 1. The molecule has 7 rings (SSSR count). The topological polar surface area (TPSA) is 183 Å². The Morgan fingerprint density at radius 1 is 0.895 bits per heavy atom. The third-order valence-corrected chi connectivity index (χ3v) is 16.6. The Hall–Kier alpha value is -3.94. The lowest BCUT2D eigenvalue weighted by Gasteiger charge is -2.38. The molecule has 0 bridgehead atoms. The molecule has 1 saturated heterocycles. The van der Waals surface area contributed by atoms with Gasteiger partial charge < -0.3 is 26.2 Å². The van der Waals surface area contributed by atoms with Crippen LogP contribution in [0, 0.1) is 39.4 Å². The van der Waals surface area contributed by atoms with Crippen LogP contribution in [0.1, 0.15) is 112 Å². The summed E-state index contributed by atoms with van der Waals surface area (Å²) in [5.41, 5.74) is -2.56. The SMILES string of the molecule is C=C[C@@H]1C[C@]1(NC(=O)[C@@H]1C[C@@]2(CN1C(=O)[C@@H](NC(=O)[C@@H](NC(=O)C1CC1)C1CCCCC1)C(C)(C)C)C(C)(C)C21CCC1)C(=O)NS(=O)(=O)c1ccccc1NC. The van der Waals surface area contributed by atoms with E-state index in [1.165, 1.54) is 12.1 Å². The number of hydrogen-bond donors (Lipinski definition) is 5. The number of anilines is 1. The van der Waals surface area contributed by atoms with Crippen molar-refractivity contribution in [1.29, 1.82) is 0 Å². The van der Waals surface area contributed by atoms with Crippen molar-refractivity contribution in [3.05, 3.63) is 36.9 Å². The van der Waals surface area contributed by atoms with Crippen LogP contribution in [0.25, 0.3) is 0 Å². The van der Waals surface area contributed by atoms with Crippen molar-refractivity contribution in [1.82, 2.24) is 25.6 Å². The van der Waals surface area contributed by atoms with Gasteiger partial charge in [-0.2, -0.15) is 0 Å². The molecule has 1 aromatic carbocycles. The summed E-state index contributed by atoms with van der Waals surface area (Å²) in [6, 6.07) is 3.46. The van der Waals surface area contributed by atoms with Crippen LogP contribution in [0.15, 0.2) is 41.8 Å². The smallest absolute Gasteiger partial charge is 0.266 e. The molecule has 0 aromatic heterocycles. The lowest BCUT2D eigenvalue weighted by Crippen LogP contribution is -2.62. The number of hydrogen-bond acceptors (Lipinski definition) is 8. The van der Waals surface area contributed by atoms with Crippen molar-refractivity contribution >= 4 is 45.2 Å². The fraction of sp³-hybridized carbons (Fsp3) is 0.698. The van der Waals surface area contributed by atoms with E-state index in [0.717, 1.165) is 64.2 Å². The molecule has 1 aliphatic heterocycles. The van der Waals surface area contributed by atoms with Gasteiger partial charge in [-0.3, -0.25) is 24.0 Å². The van der Waals surface area contributed by atoms with Crippen molar-refractivity contribution in [2.24, 2.45) is 39.4 Å². The summed E-state index contributed by atoms with van der Waals surface area (Å²) in [5, 5.41) is 11.9. The second-order valence-electron chi connectivity index (χ2n) is 19.5. The van der Waals surface area contributed by atoms with E-state index in [1.807, 2.05) is 20.8 Å². The quantitative estimate of drug-likeness (QED) is 0.182. The van der Waals surface area contributed by atoms with E-state index in [-0.39, 0.29) is 57.1 Å². The van der Waals surface area contributed by atoms with E-state index >= 15 is 4.79 Å². The van der Waals surface area contributed by atoms with Crippen LogP contribution < -0.4 is 26.0 Å². The second kappa shape index (κ2) is 14.4. The summed E-state index contributed by atoms with van der Waals surface area (Å²) >= 11 is 0. The van der Waals surface area contributed by atoms with E-state index in [9.17, 15) is 27.6 Å². The number of carbonyl (C=O) groups is 5. The highest BCUT2D eigenvalue weighted by Gasteiger charge is 2.85. The van der Waals surface area contributed by atoms with Gasteiger partial charge in [0.15, 0.2) is 0 Å². The van der Waals surface area contributed by atoms with Crippen LogP contribution in [0.4, 0.5) is 5.69 Å². The van der Waals surface area contributed by atoms with Crippen molar-refractivity contribution in [2.45, 2.75) is 140 Å². The van der Waals surface area contributed by atoms with E-state index < -0.39 is 56.8 Å². The fourth-order valence-corrected chi connectivity index (χ4v) is 12.4. The molecule has 2 spiro atoms. The number of likely N-dealkylation sites (tertiary alicyclic amines) is 1. The average molecular weight is 807 g/mol. The molecule has 0 unspecified atom stereocenters. The van der Waals surface area contributed by atoms with Gasteiger partial charge in [0.25, 0.3) is 15.9 Å². The third-order valence-electron chi connectivity index (χ3n) is 15.2. The first kappa shape index (κ1) is 41.2. The first-order chi connectivity index (χ1) is 26.8. The van der Waals surface area contributed by atoms with Crippen LogP contribution in [0.3, 0.4) is 0 Å². The Kier molecular flexibility index (Phi) is 10.4. The predicted octanol–water partition coefficient (Wildman–Crippen LogP) is 4.40. The fourth-order valence-electron chi connectivity index (χ4n) is 11.1. The van der Waals surface area contributed by atoms with Crippen LogP contribution in [-0.2, 0) is 34.0 Å². The maximum Gasteiger partial charge on any atom is 0.266 e. The number of nitrogens with zero attached hydrogens (tertiary/aromatic N) is 1. The van der Waals surface area contributed by atoms with Crippen LogP contribution in [0.2, 0.25) is 0 Å². The summed E-state index contributed by atoms with van der Waals surface area (Å²) in [7, 11) is -2.75. The molecule has 5 N–H and O–H groups in total. The minimum atomic E-state index is -4.33. The molecular weight excluding hydrogens is 745 g/mol. The molecule has 5 amide bonds. The van der Waals surface area contributed by atoms with E-state index in [1.54, 1.807) is 30.1 Å². The zero-order chi connectivity index (χ0) is 41.3. The molecule has 5 saturated carbocycles. The molecule has 5 aliphatic carbocycles. The highest BCUT2D eigenvalue weighted by atomic mass is 32.2. The molecule has 6 fully saturated rings. The summed E-state index contributed by atoms with van der Waals surface area (Å²) in [6.45, 7) is 14.3. The van der Waals surface area contributed by atoms with Gasteiger partial charge in [0.2, 0.25) is 23.6 Å². The average Bonchev–Trinajstić information content (AvgIpc) is 4.10. The predicted molar refractivity (Wildman–Crippen MR) is 216 cm³/mol. The van der Waals surface area contributed by atoms with Gasteiger partial charge in [0.1, 0.15) is 28.6 Å². The molecule has 1 heterocycles. The lowest BCUT2D eigenvalue weighted by atomic mass is 9.73. The number of carbonyl (C=O) groups excluding carboxylic acids is 5. The zero-order valence-corrected chi connectivity index (χ0v) is 35.3. The normalized spacial score (nSPS) is 29.7. The highest BCUT2D eigenvalue weighted by molar-refractivity contribution is 7.90. The molecule has 312 valence electrons. The first-order valence-corrected chi connectivity index (χ1v) is 22.5. The molecule has 57 heavy (non-hydrogen) atoms. The molecular formula is C43H62N6O7S. The highest BCUT2D eigenvalue weighted by Crippen LogP contribution is 2.88. The summed E-state index contributed by atoms with van der Waals surface area (Å²) in [4.78, 5) is 72.8. The van der Waals surface area contributed by atoms with Crippen LogP contribution >= 0.6 is 0 Å². The number of para-hydroxylation sites is 1. The monoisotopic (exact) mass is 806 g/mol. The van der Waals surface area contributed by atoms with Crippen molar-refractivity contribution in [2.75, 3.05) is 18.9 Å². The minimum Gasteiger partial charge on any atom is -0.387 e. The van der Waals surface area contributed by atoms with Crippen molar-refractivity contribution in [3.63, 3.8) is 0 Å². The standard InChI is InChI=1S/C43H62N6O7S/c1-8-28-23-43(28,38(54)48-57(55,56)31-18-13-12-17-29(31)44-7)47-35(51)30-24-42(40(5,6)41(42)21-14-22-41)25-49(30)37(53)33(39(2,3)4)46-36(52)32(26-15-10-9-11-16-26)45-34(50)27-19-20-27/h8,12-13,17-18,26-28,30,32-33,44H,1,9-11,14-16,19-25H2,2-7H3,(H,45,50)(H,46,52)(H,47,51)(H,48,54)/t28-,30+,32+,33-,42-,43-/m1/s1. The Bertz CT molecular complexity index is 1950. The molecule has 13 nitrogen and oxygen atoms in total. The maximum atomic E-state index is 15.1. The second-order valence-corrected chi connectivity index (χ2v) is 21.1. The summed E-state index contributed by atoms with van der Waals surface area (Å²) in [6.07, 6.45) is 11.4. The molecule has 1 aromatic rings. The summed E-state index contributed by atoms with van der Waals surface area (Å²) in [5.74, 6) is -2.95. The molecule has 6 aliphatic rings. The number of fused-ring (bicyclic) bond motifs is 1. The molecule has 6 atom stereocenters. The minimum absolute atomic E-state index is 0.0275. The van der Waals surface area contributed by atoms with Gasteiger partial charge in [0.05, 0.1) is 5.69 Å². The number of amides is 5. The number of rotatable bonds is 13. The molecule has 14 heteroatoms. The third kappa shape index (κ3) is 6.84. The van der Waals surface area contributed by atoms with Crippen LogP contribution in [0.5, 0.6) is 0 Å². The number of nitrogens with one attached hydrogen (secondary N) is 5.